The van der Waals surface area contributed by atoms with Gasteiger partial charge in [0.05, 0.1) is 5.92 Å². The van der Waals surface area contributed by atoms with Crippen molar-refractivity contribution in [1.82, 2.24) is 10.3 Å². The molecule has 0 spiro atoms. The number of H-pyrrole nitrogens is 1. The van der Waals surface area contributed by atoms with Gasteiger partial charge >= 0.3 is 5.97 Å². The number of amides is 1. The first kappa shape index (κ1) is 15.1. The highest BCUT2D eigenvalue weighted by molar-refractivity contribution is 9.10. The maximum atomic E-state index is 12.4. The monoisotopic (exact) mass is 364 g/mol. The Balaban J connectivity index is 1.78. The van der Waals surface area contributed by atoms with E-state index in [9.17, 15) is 14.7 Å². The van der Waals surface area contributed by atoms with Crippen LogP contribution >= 0.6 is 15.9 Å². The van der Waals surface area contributed by atoms with Crippen LogP contribution < -0.4 is 5.32 Å². The van der Waals surface area contributed by atoms with Crippen LogP contribution in [0.2, 0.25) is 0 Å². The third-order valence-corrected chi connectivity index (χ3v) is 4.72. The van der Waals surface area contributed by atoms with Crippen LogP contribution in [-0.4, -0.2) is 28.0 Å². The van der Waals surface area contributed by atoms with Gasteiger partial charge in [-0.05, 0) is 37.1 Å². The van der Waals surface area contributed by atoms with E-state index >= 15 is 0 Å². The van der Waals surface area contributed by atoms with Crippen molar-refractivity contribution in [1.29, 1.82) is 0 Å². The van der Waals surface area contributed by atoms with Crippen LogP contribution in [0.3, 0.4) is 0 Å². The lowest BCUT2D eigenvalue weighted by Crippen LogP contribution is -2.45. The first-order valence-electron chi connectivity index (χ1n) is 7.36. The third kappa shape index (κ3) is 3.02. The van der Waals surface area contributed by atoms with Gasteiger partial charge in [-0.2, -0.15) is 0 Å². The molecule has 6 heteroatoms. The molecular formula is C16H17BrN2O3. The average Bonchev–Trinajstić information content (AvgIpc) is 2.90. The Kier molecular flexibility index (Phi) is 4.20. The van der Waals surface area contributed by atoms with Gasteiger partial charge in [-0.25, -0.2) is 0 Å². The number of carboxylic acids is 1. The summed E-state index contributed by atoms with van der Waals surface area (Å²) >= 11 is 3.40. The Hall–Kier alpha value is -1.82. The molecule has 0 saturated heterocycles. The molecule has 0 aliphatic heterocycles. The maximum absolute atomic E-state index is 12.4. The summed E-state index contributed by atoms with van der Waals surface area (Å²) in [5.41, 5.74) is 1.34. The average molecular weight is 365 g/mol. The van der Waals surface area contributed by atoms with Crippen LogP contribution in [0.1, 0.15) is 36.2 Å². The van der Waals surface area contributed by atoms with Crippen molar-refractivity contribution in [2.45, 2.75) is 31.7 Å². The Morgan fingerprint density at radius 2 is 2.00 bits per heavy atom. The molecule has 1 aliphatic rings. The smallest absolute Gasteiger partial charge is 0.308 e. The molecule has 22 heavy (non-hydrogen) atoms. The molecule has 2 aromatic rings. The lowest BCUT2D eigenvalue weighted by molar-refractivity contribution is -0.143. The van der Waals surface area contributed by atoms with Crippen LogP contribution in [0.4, 0.5) is 0 Å². The molecule has 2 unspecified atom stereocenters. The molecule has 0 radical (unpaired) electrons. The summed E-state index contributed by atoms with van der Waals surface area (Å²) in [4.78, 5) is 26.8. The molecule has 1 heterocycles. The van der Waals surface area contributed by atoms with Gasteiger partial charge in [-0.15, -0.1) is 0 Å². The Morgan fingerprint density at radius 1 is 1.23 bits per heavy atom. The summed E-state index contributed by atoms with van der Waals surface area (Å²) in [5.74, 6) is -1.56. The molecule has 3 N–H and O–H groups in total. The summed E-state index contributed by atoms with van der Waals surface area (Å²) in [6, 6.07) is 7.23. The zero-order valence-corrected chi connectivity index (χ0v) is 13.5. The third-order valence-electron chi connectivity index (χ3n) is 4.23. The second kappa shape index (κ2) is 6.12. The fourth-order valence-electron chi connectivity index (χ4n) is 3.07. The van der Waals surface area contributed by atoms with E-state index in [0.717, 1.165) is 28.2 Å². The lowest BCUT2D eigenvalue weighted by Gasteiger charge is -2.29. The summed E-state index contributed by atoms with van der Waals surface area (Å²) in [6.07, 6.45) is 3.20. The SMILES string of the molecule is O=C(NC1CCCCC1C(=O)O)c1cc2cc(Br)ccc2[nH]1. The molecule has 3 rings (SSSR count). The van der Waals surface area contributed by atoms with E-state index < -0.39 is 11.9 Å². The van der Waals surface area contributed by atoms with Crippen molar-refractivity contribution >= 4 is 38.7 Å². The van der Waals surface area contributed by atoms with Gasteiger partial charge in [0.2, 0.25) is 0 Å². The predicted octanol–water partition coefficient (Wildman–Crippen LogP) is 3.30. The molecule has 0 bridgehead atoms. The van der Waals surface area contributed by atoms with Crippen LogP contribution in [0.25, 0.3) is 10.9 Å². The van der Waals surface area contributed by atoms with Crippen molar-refractivity contribution in [3.05, 3.63) is 34.4 Å². The van der Waals surface area contributed by atoms with Gasteiger partial charge in [0.1, 0.15) is 5.69 Å². The van der Waals surface area contributed by atoms with Crippen molar-refractivity contribution in [3.63, 3.8) is 0 Å². The number of nitrogens with one attached hydrogen (secondary N) is 2. The van der Waals surface area contributed by atoms with Gasteiger partial charge in [0.15, 0.2) is 0 Å². The number of carbonyl (C=O) groups is 2. The number of aromatic nitrogens is 1. The van der Waals surface area contributed by atoms with Crippen LogP contribution in [-0.2, 0) is 4.79 Å². The Morgan fingerprint density at radius 3 is 2.77 bits per heavy atom. The normalized spacial score (nSPS) is 21.7. The number of aliphatic carboxylic acids is 1. The zero-order chi connectivity index (χ0) is 15.7. The van der Waals surface area contributed by atoms with Crippen LogP contribution in [0, 0.1) is 5.92 Å². The lowest BCUT2D eigenvalue weighted by atomic mass is 9.84. The van der Waals surface area contributed by atoms with Crippen LogP contribution in [0.15, 0.2) is 28.7 Å². The Labute approximate surface area is 136 Å². The van der Waals surface area contributed by atoms with Crippen molar-refractivity contribution in [2.75, 3.05) is 0 Å². The molecule has 1 aromatic carbocycles. The molecule has 1 saturated carbocycles. The topological polar surface area (TPSA) is 82.2 Å². The number of hydrogen-bond acceptors (Lipinski definition) is 2. The highest BCUT2D eigenvalue weighted by Gasteiger charge is 2.32. The minimum atomic E-state index is -0.828. The molecular weight excluding hydrogens is 348 g/mol. The molecule has 1 aromatic heterocycles. The number of carbonyl (C=O) groups excluding carboxylic acids is 1. The van der Waals surface area contributed by atoms with E-state index in [2.05, 4.69) is 26.2 Å². The summed E-state index contributed by atoms with van der Waals surface area (Å²) in [6.45, 7) is 0. The van der Waals surface area contributed by atoms with Crippen molar-refractivity contribution in [3.8, 4) is 0 Å². The van der Waals surface area contributed by atoms with Crippen LogP contribution in [0.5, 0.6) is 0 Å². The van der Waals surface area contributed by atoms with Gasteiger partial charge < -0.3 is 15.4 Å². The zero-order valence-electron chi connectivity index (χ0n) is 11.9. The number of fused-ring (bicyclic) bond motifs is 1. The maximum Gasteiger partial charge on any atom is 0.308 e. The first-order valence-corrected chi connectivity index (χ1v) is 8.16. The number of benzene rings is 1. The number of carboxylic acid groups (broad SMARTS) is 1. The van der Waals surface area contributed by atoms with Gasteiger partial charge in [-0.3, -0.25) is 9.59 Å². The second-order valence-corrected chi connectivity index (χ2v) is 6.64. The van der Waals surface area contributed by atoms with E-state index in [1.54, 1.807) is 6.07 Å². The highest BCUT2D eigenvalue weighted by atomic mass is 79.9. The van der Waals surface area contributed by atoms with E-state index in [1.807, 2.05) is 18.2 Å². The summed E-state index contributed by atoms with van der Waals surface area (Å²) in [5, 5.41) is 13.1. The molecule has 5 nitrogen and oxygen atoms in total. The summed E-state index contributed by atoms with van der Waals surface area (Å²) in [7, 11) is 0. The fraction of sp³-hybridized carbons (Fsp3) is 0.375. The van der Waals surface area contributed by atoms with Crippen molar-refractivity contribution < 1.29 is 14.7 Å². The second-order valence-electron chi connectivity index (χ2n) is 5.72. The fourth-order valence-corrected chi connectivity index (χ4v) is 3.45. The number of rotatable bonds is 3. The molecule has 1 amide bonds. The highest BCUT2D eigenvalue weighted by Crippen LogP contribution is 2.25. The predicted molar refractivity (Wildman–Crippen MR) is 86.8 cm³/mol. The molecule has 116 valence electrons. The summed E-state index contributed by atoms with van der Waals surface area (Å²) < 4.78 is 0.948. The van der Waals surface area contributed by atoms with Crippen molar-refractivity contribution in [2.24, 2.45) is 5.92 Å². The largest absolute Gasteiger partial charge is 0.481 e. The Bertz CT molecular complexity index is 725. The number of hydrogen-bond donors (Lipinski definition) is 3. The molecule has 1 fully saturated rings. The minimum Gasteiger partial charge on any atom is -0.481 e. The van der Waals surface area contributed by atoms with Gasteiger partial charge in [0, 0.05) is 21.4 Å². The van der Waals surface area contributed by atoms with E-state index in [-0.39, 0.29) is 11.9 Å². The number of halogens is 1. The van der Waals surface area contributed by atoms with Gasteiger partial charge in [0.25, 0.3) is 5.91 Å². The molecule has 2 atom stereocenters. The minimum absolute atomic E-state index is 0.245. The standard InChI is InChI=1S/C16H17BrN2O3/c17-10-5-6-12-9(7-10)8-14(18-12)15(20)19-13-4-2-1-3-11(13)16(21)22/h5-8,11,13,18H,1-4H2,(H,19,20)(H,21,22). The van der Waals surface area contributed by atoms with E-state index in [4.69, 9.17) is 0 Å². The van der Waals surface area contributed by atoms with E-state index in [0.29, 0.717) is 18.5 Å². The number of aromatic amines is 1. The quantitative estimate of drug-likeness (QED) is 0.781. The first-order chi connectivity index (χ1) is 10.5. The molecule has 1 aliphatic carbocycles. The van der Waals surface area contributed by atoms with E-state index in [1.165, 1.54) is 0 Å². The van der Waals surface area contributed by atoms with Gasteiger partial charge in [-0.1, -0.05) is 28.8 Å².